The molecule has 0 atom stereocenters. The largest absolute Gasteiger partial charge is 0.399 e. The molecule has 3 N–H and O–H groups in total. The molecule has 2 aromatic rings. The first-order valence-electron chi connectivity index (χ1n) is 6.46. The molecule has 0 spiro atoms. The average Bonchev–Trinajstić information content (AvgIpc) is 2.41. The second-order valence-corrected chi connectivity index (χ2v) is 4.81. The topological polar surface area (TPSA) is 55.1 Å². The summed E-state index contributed by atoms with van der Waals surface area (Å²) in [6.45, 7) is 4.01. The van der Waals surface area contributed by atoms with Crippen molar-refractivity contribution in [2.45, 2.75) is 13.8 Å². The first-order chi connectivity index (χ1) is 9.54. The Kier molecular flexibility index (Phi) is 4.20. The van der Waals surface area contributed by atoms with Gasteiger partial charge >= 0.3 is 0 Å². The van der Waals surface area contributed by atoms with Crippen molar-refractivity contribution in [3.63, 3.8) is 0 Å². The van der Waals surface area contributed by atoms with Gasteiger partial charge in [-0.15, -0.1) is 0 Å². The molecule has 2 rings (SSSR count). The fourth-order valence-electron chi connectivity index (χ4n) is 1.91. The Balaban J connectivity index is 2.03. The van der Waals surface area contributed by atoms with Crippen molar-refractivity contribution in [3.05, 3.63) is 65.2 Å². The van der Waals surface area contributed by atoms with Gasteiger partial charge in [0, 0.05) is 17.5 Å². The molecule has 3 nitrogen and oxygen atoms in total. The van der Waals surface area contributed by atoms with Gasteiger partial charge in [-0.1, -0.05) is 29.8 Å². The predicted octanol–water partition coefficient (Wildman–Crippen LogP) is 3.54. The van der Waals surface area contributed by atoms with E-state index in [1.807, 2.05) is 56.3 Å². The monoisotopic (exact) mass is 266 g/mol. The van der Waals surface area contributed by atoms with Gasteiger partial charge in [0.25, 0.3) is 0 Å². The van der Waals surface area contributed by atoms with Gasteiger partial charge in [0.15, 0.2) is 0 Å². The van der Waals surface area contributed by atoms with Crippen LogP contribution >= 0.6 is 0 Å². The summed E-state index contributed by atoms with van der Waals surface area (Å²) in [5.41, 5.74) is 10.3. The number of amides is 1. The minimum Gasteiger partial charge on any atom is -0.399 e. The Bertz CT molecular complexity index is 643. The highest BCUT2D eigenvalue weighted by Gasteiger charge is 2.01. The molecule has 0 aromatic heterocycles. The number of nitrogens with two attached hydrogens (primary N) is 1. The molecule has 0 heterocycles. The van der Waals surface area contributed by atoms with E-state index in [4.69, 9.17) is 5.73 Å². The SMILES string of the molecule is Cc1ccc(NC(=O)/C=C/c2ccc(N)cc2)c(C)c1. The van der Waals surface area contributed by atoms with E-state index >= 15 is 0 Å². The van der Waals surface area contributed by atoms with Crippen molar-refractivity contribution < 1.29 is 4.79 Å². The van der Waals surface area contributed by atoms with Crippen LogP contribution in [0.5, 0.6) is 0 Å². The highest BCUT2D eigenvalue weighted by Crippen LogP contribution is 2.16. The maximum absolute atomic E-state index is 11.9. The number of rotatable bonds is 3. The molecule has 0 aliphatic carbocycles. The Morgan fingerprint density at radius 2 is 1.80 bits per heavy atom. The van der Waals surface area contributed by atoms with Crippen molar-refractivity contribution in [2.24, 2.45) is 0 Å². The van der Waals surface area contributed by atoms with Crippen LogP contribution in [0.2, 0.25) is 0 Å². The number of hydrogen-bond donors (Lipinski definition) is 2. The fourth-order valence-corrected chi connectivity index (χ4v) is 1.91. The van der Waals surface area contributed by atoms with Gasteiger partial charge in [0.05, 0.1) is 0 Å². The van der Waals surface area contributed by atoms with E-state index < -0.39 is 0 Å². The highest BCUT2D eigenvalue weighted by molar-refractivity contribution is 6.02. The van der Waals surface area contributed by atoms with Crippen molar-refractivity contribution in [2.75, 3.05) is 11.1 Å². The summed E-state index contributed by atoms with van der Waals surface area (Å²) in [6.07, 6.45) is 3.28. The third kappa shape index (κ3) is 3.72. The molecule has 102 valence electrons. The summed E-state index contributed by atoms with van der Waals surface area (Å²) in [7, 11) is 0. The van der Waals surface area contributed by atoms with Crippen molar-refractivity contribution in [3.8, 4) is 0 Å². The van der Waals surface area contributed by atoms with E-state index in [-0.39, 0.29) is 5.91 Å². The first-order valence-corrected chi connectivity index (χ1v) is 6.46. The van der Waals surface area contributed by atoms with Crippen LogP contribution in [0.25, 0.3) is 6.08 Å². The second-order valence-electron chi connectivity index (χ2n) is 4.81. The van der Waals surface area contributed by atoms with Crippen LogP contribution in [0.1, 0.15) is 16.7 Å². The summed E-state index contributed by atoms with van der Waals surface area (Å²) in [6, 6.07) is 13.3. The Labute approximate surface area is 119 Å². The van der Waals surface area contributed by atoms with Gasteiger partial charge in [-0.25, -0.2) is 0 Å². The molecular weight excluding hydrogens is 248 g/mol. The van der Waals surface area contributed by atoms with Crippen LogP contribution in [-0.2, 0) is 4.79 Å². The van der Waals surface area contributed by atoms with Crippen molar-refractivity contribution >= 4 is 23.4 Å². The van der Waals surface area contributed by atoms with Gasteiger partial charge in [-0.05, 0) is 49.2 Å². The summed E-state index contributed by atoms with van der Waals surface area (Å²) < 4.78 is 0. The summed E-state index contributed by atoms with van der Waals surface area (Å²) in [5, 5.41) is 2.87. The van der Waals surface area contributed by atoms with Crippen LogP contribution in [0.3, 0.4) is 0 Å². The van der Waals surface area contributed by atoms with E-state index in [1.165, 1.54) is 11.6 Å². The van der Waals surface area contributed by atoms with Gasteiger partial charge < -0.3 is 11.1 Å². The molecule has 1 amide bonds. The lowest BCUT2D eigenvalue weighted by Gasteiger charge is -2.07. The summed E-state index contributed by atoms with van der Waals surface area (Å²) in [4.78, 5) is 11.9. The summed E-state index contributed by atoms with van der Waals surface area (Å²) in [5.74, 6) is -0.145. The smallest absolute Gasteiger partial charge is 0.248 e. The van der Waals surface area contributed by atoms with Gasteiger partial charge in [0.2, 0.25) is 5.91 Å². The van der Waals surface area contributed by atoms with Crippen LogP contribution in [-0.4, -0.2) is 5.91 Å². The Hall–Kier alpha value is -2.55. The number of nitrogen functional groups attached to an aromatic ring is 1. The second kappa shape index (κ2) is 6.06. The van der Waals surface area contributed by atoms with E-state index in [9.17, 15) is 4.79 Å². The zero-order valence-electron chi connectivity index (χ0n) is 11.7. The van der Waals surface area contributed by atoms with Crippen LogP contribution in [0, 0.1) is 13.8 Å². The Morgan fingerprint density at radius 1 is 1.10 bits per heavy atom. The molecule has 0 saturated heterocycles. The minimum absolute atomic E-state index is 0.145. The molecule has 20 heavy (non-hydrogen) atoms. The maximum Gasteiger partial charge on any atom is 0.248 e. The van der Waals surface area contributed by atoms with Gasteiger partial charge in [-0.2, -0.15) is 0 Å². The third-order valence-corrected chi connectivity index (χ3v) is 3.00. The van der Waals surface area contributed by atoms with Crippen LogP contribution in [0.4, 0.5) is 11.4 Å². The van der Waals surface area contributed by atoms with E-state index in [0.29, 0.717) is 5.69 Å². The molecule has 0 aliphatic heterocycles. The number of carbonyl (C=O) groups excluding carboxylic acids is 1. The number of benzene rings is 2. The van der Waals surface area contributed by atoms with Crippen molar-refractivity contribution in [1.29, 1.82) is 0 Å². The quantitative estimate of drug-likeness (QED) is 0.659. The molecule has 3 heteroatoms. The third-order valence-electron chi connectivity index (χ3n) is 3.00. The zero-order chi connectivity index (χ0) is 14.5. The molecule has 2 aromatic carbocycles. The molecule has 0 radical (unpaired) electrons. The van der Waals surface area contributed by atoms with E-state index in [1.54, 1.807) is 6.08 Å². The zero-order valence-corrected chi connectivity index (χ0v) is 11.7. The Morgan fingerprint density at radius 3 is 2.45 bits per heavy atom. The molecular formula is C17H18N2O. The number of hydrogen-bond acceptors (Lipinski definition) is 2. The maximum atomic E-state index is 11.9. The normalized spacial score (nSPS) is 10.7. The number of carbonyl (C=O) groups is 1. The van der Waals surface area contributed by atoms with Gasteiger partial charge in [-0.3, -0.25) is 4.79 Å². The molecule has 0 unspecified atom stereocenters. The summed E-state index contributed by atoms with van der Waals surface area (Å²) >= 11 is 0. The predicted molar refractivity (Wildman–Crippen MR) is 84.4 cm³/mol. The van der Waals surface area contributed by atoms with Gasteiger partial charge in [0.1, 0.15) is 0 Å². The number of anilines is 2. The standard InChI is InChI=1S/C17H18N2O/c1-12-3-9-16(13(2)11-12)19-17(20)10-6-14-4-7-15(18)8-5-14/h3-11H,18H2,1-2H3,(H,19,20)/b10-6+. The first kappa shape index (κ1) is 13.9. The number of aryl methyl sites for hydroxylation is 2. The highest BCUT2D eigenvalue weighted by atomic mass is 16.1. The molecule has 0 bridgehead atoms. The van der Waals surface area contributed by atoms with E-state index in [0.717, 1.165) is 16.8 Å². The molecule has 0 aliphatic rings. The van der Waals surface area contributed by atoms with Crippen molar-refractivity contribution in [1.82, 2.24) is 0 Å². The molecule has 0 saturated carbocycles. The average molecular weight is 266 g/mol. The minimum atomic E-state index is -0.145. The lowest BCUT2D eigenvalue weighted by Crippen LogP contribution is -2.08. The van der Waals surface area contributed by atoms with Crippen LogP contribution in [0.15, 0.2) is 48.5 Å². The fraction of sp³-hybridized carbons (Fsp3) is 0.118. The molecule has 0 fully saturated rings. The number of nitrogens with one attached hydrogen (secondary N) is 1. The van der Waals surface area contributed by atoms with E-state index in [2.05, 4.69) is 5.32 Å². The lowest BCUT2D eigenvalue weighted by atomic mass is 10.1. The lowest BCUT2D eigenvalue weighted by molar-refractivity contribution is -0.111. The van der Waals surface area contributed by atoms with Crippen LogP contribution < -0.4 is 11.1 Å².